The van der Waals surface area contributed by atoms with Crippen LogP contribution in [-0.4, -0.2) is 32.4 Å². The van der Waals surface area contributed by atoms with Gasteiger partial charge in [0.05, 0.1) is 0 Å². The van der Waals surface area contributed by atoms with Crippen LogP contribution in [0.2, 0.25) is 0 Å². The molecule has 1 aromatic heterocycles. The van der Waals surface area contributed by atoms with Crippen molar-refractivity contribution in [2.45, 2.75) is 64.1 Å². The third-order valence-electron chi connectivity index (χ3n) is 3.97. The van der Waals surface area contributed by atoms with E-state index < -0.39 is 11.5 Å². The maximum Gasteiger partial charge on any atom is 0.323 e. The highest BCUT2D eigenvalue weighted by Crippen LogP contribution is 2.27. The van der Waals surface area contributed by atoms with E-state index in [9.17, 15) is 9.90 Å². The molecular weight excluding hydrogens is 242 g/mol. The summed E-state index contributed by atoms with van der Waals surface area (Å²) >= 11 is 0. The first-order valence-corrected chi connectivity index (χ1v) is 7.07. The first kappa shape index (κ1) is 14.1. The van der Waals surface area contributed by atoms with Gasteiger partial charge in [-0.3, -0.25) is 14.8 Å². The largest absolute Gasteiger partial charge is 0.480 e. The lowest BCUT2D eigenvalue weighted by Crippen LogP contribution is -2.52. The van der Waals surface area contributed by atoms with Crippen molar-refractivity contribution in [1.82, 2.24) is 15.1 Å². The number of nitrogens with one attached hydrogen (secondary N) is 1. The lowest BCUT2D eigenvalue weighted by molar-refractivity contribution is -0.145. The van der Waals surface area contributed by atoms with Gasteiger partial charge in [0, 0.05) is 24.5 Å². The predicted molar refractivity (Wildman–Crippen MR) is 73.0 cm³/mol. The van der Waals surface area contributed by atoms with Crippen LogP contribution in [0.1, 0.15) is 44.7 Å². The summed E-state index contributed by atoms with van der Waals surface area (Å²) in [5.74, 6) is -0.723. The Balaban J connectivity index is 1.92. The van der Waals surface area contributed by atoms with Gasteiger partial charge in [0.1, 0.15) is 5.54 Å². The number of carboxylic acids is 1. The Kier molecular flexibility index (Phi) is 4.24. The quantitative estimate of drug-likeness (QED) is 0.754. The number of nitrogens with zero attached hydrogens (tertiary/aromatic N) is 2. The van der Waals surface area contributed by atoms with E-state index in [1.165, 1.54) is 0 Å². The average Bonchev–Trinajstić information content (AvgIpc) is 3.10. The van der Waals surface area contributed by atoms with Gasteiger partial charge >= 0.3 is 5.97 Å². The van der Waals surface area contributed by atoms with Crippen molar-refractivity contribution < 1.29 is 9.90 Å². The average molecular weight is 265 g/mol. The monoisotopic (exact) mass is 265 g/mol. The zero-order chi connectivity index (χ0) is 13.9. The minimum Gasteiger partial charge on any atom is -0.480 e. The summed E-state index contributed by atoms with van der Waals surface area (Å²) in [4.78, 5) is 11.6. The Morgan fingerprint density at radius 1 is 1.63 bits per heavy atom. The maximum atomic E-state index is 11.6. The number of aryl methyl sites for hydroxylation is 2. The van der Waals surface area contributed by atoms with Crippen molar-refractivity contribution >= 4 is 5.97 Å². The summed E-state index contributed by atoms with van der Waals surface area (Å²) in [5.41, 5.74) is 0.356. The van der Waals surface area contributed by atoms with E-state index in [1.807, 2.05) is 24.6 Å². The Bertz CT molecular complexity index is 440. The van der Waals surface area contributed by atoms with Crippen molar-refractivity contribution in [1.29, 1.82) is 0 Å². The Morgan fingerprint density at radius 2 is 2.37 bits per heavy atom. The molecule has 1 aliphatic carbocycles. The zero-order valence-corrected chi connectivity index (χ0v) is 11.7. The van der Waals surface area contributed by atoms with Crippen LogP contribution in [0.15, 0.2) is 12.3 Å². The van der Waals surface area contributed by atoms with Crippen LogP contribution in [0.3, 0.4) is 0 Å². The van der Waals surface area contributed by atoms with E-state index in [1.54, 1.807) is 6.20 Å². The highest BCUT2D eigenvalue weighted by molar-refractivity contribution is 5.78. The number of carbonyl (C=O) groups is 1. The van der Waals surface area contributed by atoms with Crippen LogP contribution in [0.4, 0.5) is 0 Å². The second-order valence-electron chi connectivity index (χ2n) is 5.46. The molecule has 0 aliphatic heterocycles. The van der Waals surface area contributed by atoms with E-state index in [0.717, 1.165) is 31.5 Å². The highest BCUT2D eigenvalue weighted by atomic mass is 16.4. The standard InChI is InChI=1S/C14H23N3O2/c1-3-14(13(18)19,16-12-5-6-12)8-4-10-17-11(2)7-9-15-17/h7,9,12,16H,3-6,8,10H2,1-2H3,(H,18,19). The van der Waals surface area contributed by atoms with E-state index in [2.05, 4.69) is 10.4 Å². The number of hydrogen-bond donors (Lipinski definition) is 2. The third-order valence-corrected chi connectivity index (χ3v) is 3.97. The topological polar surface area (TPSA) is 67.2 Å². The number of aromatic nitrogens is 2. The number of carboxylic acid groups (broad SMARTS) is 1. The minimum absolute atomic E-state index is 0.405. The van der Waals surface area contributed by atoms with E-state index >= 15 is 0 Å². The SMILES string of the molecule is CCC(CCCn1nccc1C)(NC1CC1)C(=O)O. The fourth-order valence-electron chi connectivity index (χ4n) is 2.45. The normalized spacial score (nSPS) is 18.2. The van der Waals surface area contributed by atoms with Gasteiger partial charge in [0.2, 0.25) is 0 Å². The van der Waals surface area contributed by atoms with E-state index in [4.69, 9.17) is 0 Å². The molecule has 1 atom stereocenters. The molecule has 0 amide bonds. The Morgan fingerprint density at radius 3 is 2.84 bits per heavy atom. The first-order valence-electron chi connectivity index (χ1n) is 7.07. The molecule has 1 aliphatic rings. The Hall–Kier alpha value is -1.36. The molecule has 0 aromatic carbocycles. The summed E-state index contributed by atoms with van der Waals surface area (Å²) in [6.07, 6.45) is 6.08. The zero-order valence-electron chi connectivity index (χ0n) is 11.7. The maximum absolute atomic E-state index is 11.6. The van der Waals surface area contributed by atoms with E-state index in [0.29, 0.717) is 18.9 Å². The molecule has 19 heavy (non-hydrogen) atoms. The highest BCUT2D eigenvalue weighted by Gasteiger charge is 2.40. The molecule has 0 bridgehead atoms. The van der Waals surface area contributed by atoms with Crippen LogP contribution >= 0.6 is 0 Å². The molecule has 5 heteroatoms. The van der Waals surface area contributed by atoms with Gasteiger partial charge < -0.3 is 5.11 Å². The number of hydrogen-bond acceptors (Lipinski definition) is 3. The molecule has 0 spiro atoms. The second kappa shape index (κ2) is 5.74. The summed E-state index contributed by atoms with van der Waals surface area (Å²) in [6, 6.07) is 2.37. The fraction of sp³-hybridized carbons (Fsp3) is 0.714. The third kappa shape index (κ3) is 3.35. The van der Waals surface area contributed by atoms with Crippen molar-refractivity contribution in [3.05, 3.63) is 18.0 Å². The smallest absolute Gasteiger partial charge is 0.323 e. The summed E-state index contributed by atoms with van der Waals surface area (Å²) in [7, 11) is 0. The van der Waals surface area contributed by atoms with Gasteiger partial charge in [-0.05, 0) is 45.1 Å². The van der Waals surface area contributed by atoms with Crippen molar-refractivity contribution in [3.63, 3.8) is 0 Å². The van der Waals surface area contributed by atoms with Crippen molar-refractivity contribution in [3.8, 4) is 0 Å². The Labute approximate surface area is 114 Å². The molecule has 1 unspecified atom stereocenters. The first-order chi connectivity index (χ1) is 9.07. The molecule has 106 valence electrons. The van der Waals surface area contributed by atoms with Gasteiger partial charge in [0.25, 0.3) is 0 Å². The fourth-order valence-corrected chi connectivity index (χ4v) is 2.45. The molecule has 1 heterocycles. The second-order valence-corrected chi connectivity index (χ2v) is 5.46. The molecule has 0 radical (unpaired) electrons. The molecule has 2 N–H and O–H groups in total. The van der Waals surface area contributed by atoms with Gasteiger partial charge in [-0.25, -0.2) is 0 Å². The lowest BCUT2D eigenvalue weighted by Gasteiger charge is -2.29. The molecular formula is C14H23N3O2. The van der Waals surface area contributed by atoms with Crippen LogP contribution < -0.4 is 5.32 Å². The van der Waals surface area contributed by atoms with Crippen molar-refractivity contribution in [2.75, 3.05) is 0 Å². The summed E-state index contributed by atoms with van der Waals surface area (Å²) in [5, 5.41) is 17.1. The van der Waals surface area contributed by atoms with Crippen LogP contribution in [0.25, 0.3) is 0 Å². The van der Waals surface area contributed by atoms with Crippen molar-refractivity contribution in [2.24, 2.45) is 0 Å². The molecule has 2 rings (SSSR count). The minimum atomic E-state index is -0.762. The van der Waals surface area contributed by atoms with Gasteiger partial charge in [-0.1, -0.05) is 6.92 Å². The molecule has 1 fully saturated rings. The summed E-state index contributed by atoms with van der Waals surface area (Å²) < 4.78 is 1.93. The van der Waals surface area contributed by atoms with Gasteiger partial charge in [-0.2, -0.15) is 5.10 Å². The van der Waals surface area contributed by atoms with Crippen LogP contribution in [0, 0.1) is 6.92 Å². The van der Waals surface area contributed by atoms with Gasteiger partial charge in [-0.15, -0.1) is 0 Å². The summed E-state index contributed by atoms with van der Waals surface area (Å²) in [6.45, 7) is 4.74. The molecule has 1 saturated carbocycles. The molecule has 0 saturated heterocycles. The number of aliphatic carboxylic acids is 1. The molecule has 1 aromatic rings. The van der Waals surface area contributed by atoms with Gasteiger partial charge in [0.15, 0.2) is 0 Å². The number of rotatable bonds is 8. The van der Waals surface area contributed by atoms with Crippen LogP contribution in [-0.2, 0) is 11.3 Å². The molecule has 5 nitrogen and oxygen atoms in total. The van der Waals surface area contributed by atoms with Crippen LogP contribution in [0.5, 0.6) is 0 Å². The van der Waals surface area contributed by atoms with E-state index in [-0.39, 0.29) is 0 Å². The lowest BCUT2D eigenvalue weighted by atomic mass is 9.90. The predicted octanol–water partition coefficient (Wildman–Crippen LogP) is 1.96.